The lowest BCUT2D eigenvalue weighted by molar-refractivity contribution is 0.0772. The maximum absolute atomic E-state index is 12.5. The lowest BCUT2D eigenvalue weighted by atomic mass is 10.1. The Morgan fingerprint density at radius 2 is 1.95 bits per heavy atom. The largest absolute Gasteiger partial charge is 0.497 e. The van der Waals surface area contributed by atoms with Crippen LogP contribution in [-0.4, -0.2) is 36.0 Å². The Bertz CT molecular complexity index is 634. The van der Waals surface area contributed by atoms with Crippen molar-refractivity contribution in [3.05, 3.63) is 35.5 Å². The van der Waals surface area contributed by atoms with Crippen LogP contribution < -0.4 is 4.74 Å². The smallest absolute Gasteiger partial charge is 0.255 e. The number of aryl methyl sites for hydroxylation is 1. The number of fused-ring (bicyclic) bond motifs is 1. The van der Waals surface area contributed by atoms with Gasteiger partial charge >= 0.3 is 0 Å². The molecule has 0 aliphatic rings. The molecule has 0 saturated carbocycles. The van der Waals surface area contributed by atoms with Crippen molar-refractivity contribution in [2.24, 2.45) is 0 Å². The molecule has 2 aromatic rings. The predicted molar refractivity (Wildman–Crippen MR) is 80.3 cm³/mol. The summed E-state index contributed by atoms with van der Waals surface area (Å²) in [6.07, 6.45) is 0. The van der Waals surface area contributed by atoms with Crippen molar-refractivity contribution < 1.29 is 9.53 Å². The van der Waals surface area contributed by atoms with Gasteiger partial charge in [-0.25, -0.2) is 0 Å². The zero-order chi connectivity index (χ0) is 14.7. The van der Waals surface area contributed by atoms with Gasteiger partial charge in [0.2, 0.25) is 0 Å². The van der Waals surface area contributed by atoms with Crippen LogP contribution in [0.3, 0.4) is 0 Å². The van der Waals surface area contributed by atoms with Crippen LogP contribution in [0.2, 0.25) is 0 Å². The summed E-state index contributed by atoms with van der Waals surface area (Å²) in [7, 11) is 1.63. The van der Waals surface area contributed by atoms with Gasteiger partial charge in [-0.05, 0) is 39.0 Å². The number of rotatable bonds is 4. The summed E-state index contributed by atoms with van der Waals surface area (Å²) in [5, 5.41) is 0.951. The van der Waals surface area contributed by atoms with E-state index in [2.05, 4.69) is 4.98 Å². The molecule has 1 aromatic carbocycles. The second kappa shape index (κ2) is 5.90. The van der Waals surface area contributed by atoms with E-state index in [1.165, 1.54) is 0 Å². The minimum Gasteiger partial charge on any atom is -0.497 e. The SMILES string of the molecule is CCN(CC)C(=O)c1cc2ccc(OC)cc2nc1C. The Morgan fingerprint density at radius 1 is 1.25 bits per heavy atom. The number of carbonyl (C=O) groups is 1. The molecule has 0 aliphatic heterocycles. The average molecular weight is 272 g/mol. The molecule has 106 valence electrons. The van der Waals surface area contributed by atoms with Gasteiger partial charge in [0.05, 0.1) is 23.9 Å². The number of amides is 1. The zero-order valence-corrected chi connectivity index (χ0v) is 12.4. The third-order valence-electron chi connectivity index (χ3n) is 3.50. The van der Waals surface area contributed by atoms with Gasteiger partial charge in [-0.3, -0.25) is 9.78 Å². The van der Waals surface area contributed by atoms with Crippen LogP contribution in [0.4, 0.5) is 0 Å². The number of carbonyl (C=O) groups excluding carboxylic acids is 1. The standard InChI is InChI=1S/C16H20N2O2/c1-5-18(6-2)16(19)14-9-12-7-8-13(20-4)10-15(12)17-11(14)3/h7-10H,5-6H2,1-4H3. The number of benzene rings is 1. The zero-order valence-electron chi connectivity index (χ0n) is 12.4. The molecule has 2 rings (SSSR count). The van der Waals surface area contributed by atoms with E-state index >= 15 is 0 Å². The van der Waals surface area contributed by atoms with Gasteiger partial charge in [0, 0.05) is 24.5 Å². The van der Waals surface area contributed by atoms with Crippen molar-refractivity contribution in [1.29, 1.82) is 0 Å². The maximum Gasteiger partial charge on any atom is 0.255 e. The van der Waals surface area contributed by atoms with Crippen LogP contribution in [0, 0.1) is 6.92 Å². The normalized spacial score (nSPS) is 10.6. The van der Waals surface area contributed by atoms with E-state index in [4.69, 9.17) is 4.74 Å². The van der Waals surface area contributed by atoms with Crippen molar-refractivity contribution in [3.8, 4) is 5.75 Å². The predicted octanol–water partition coefficient (Wildman–Crippen LogP) is 3.03. The van der Waals surface area contributed by atoms with Crippen molar-refractivity contribution in [1.82, 2.24) is 9.88 Å². The number of methoxy groups -OCH3 is 1. The molecule has 0 radical (unpaired) electrons. The first-order valence-corrected chi connectivity index (χ1v) is 6.85. The molecule has 4 nitrogen and oxygen atoms in total. The van der Waals surface area contributed by atoms with Crippen molar-refractivity contribution >= 4 is 16.8 Å². The third-order valence-corrected chi connectivity index (χ3v) is 3.50. The number of nitrogens with zero attached hydrogens (tertiary/aromatic N) is 2. The average Bonchev–Trinajstić information content (AvgIpc) is 2.47. The molecule has 0 saturated heterocycles. The van der Waals surface area contributed by atoms with E-state index in [0.29, 0.717) is 18.7 Å². The summed E-state index contributed by atoms with van der Waals surface area (Å²) in [6.45, 7) is 7.24. The highest BCUT2D eigenvalue weighted by Crippen LogP contribution is 2.22. The molecular formula is C16H20N2O2. The van der Waals surface area contributed by atoms with E-state index in [1.54, 1.807) is 12.0 Å². The Morgan fingerprint density at radius 3 is 2.55 bits per heavy atom. The number of hydrogen-bond donors (Lipinski definition) is 0. The monoisotopic (exact) mass is 272 g/mol. The number of ether oxygens (including phenoxy) is 1. The van der Waals surface area contributed by atoms with Gasteiger partial charge in [-0.15, -0.1) is 0 Å². The van der Waals surface area contributed by atoms with Crippen molar-refractivity contribution in [2.45, 2.75) is 20.8 Å². The second-order valence-corrected chi connectivity index (χ2v) is 4.66. The third kappa shape index (κ3) is 2.59. The first-order chi connectivity index (χ1) is 9.60. The van der Waals surface area contributed by atoms with Crippen LogP contribution in [0.5, 0.6) is 5.75 Å². The van der Waals surface area contributed by atoms with Crippen LogP contribution in [0.1, 0.15) is 29.9 Å². The van der Waals surface area contributed by atoms with Crippen LogP contribution in [0.15, 0.2) is 24.3 Å². The Kier molecular flexibility index (Phi) is 4.23. The van der Waals surface area contributed by atoms with Crippen LogP contribution >= 0.6 is 0 Å². The summed E-state index contributed by atoms with van der Waals surface area (Å²) in [6, 6.07) is 7.61. The summed E-state index contributed by atoms with van der Waals surface area (Å²) < 4.78 is 5.20. The lowest BCUT2D eigenvalue weighted by Crippen LogP contribution is -2.31. The molecule has 1 heterocycles. The summed E-state index contributed by atoms with van der Waals surface area (Å²) in [5.41, 5.74) is 2.27. The second-order valence-electron chi connectivity index (χ2n) is 4.66. The highest BCUT2D eigenvalue weighted by molar-refractivity contribution is 5.98. The first-order valence-electron chi connectivity index (χ1n) is 6.85. The number of hydrogen-bond acceptors (Lipinski definition) is 3. The highest BCUT2D eigenvalue weighted by Gasteiger charge is 2.16. The Hall–Kier alpha value is -2.10. The highest BCUT2D eigenvalue weighted by atomic mass is 16.5. The molecule has 0 aliphatic carbocycles. The van der Waals surface area contributed by atoms with Crippen molar-refractivity contribution in [2.75, 3.05) is 20.2 Å². The first kappa shape index (κ1) is 14.3. The van der Waals surface area contributed by atoms with Gasteiger partial charge in [0.25, 0.3) is 5.91 Å². The summed E-state index contributed by atoms with van der Waals surface area (Å²) in [5.74, 6) is 0.810. The van der Waals surface area contributed by atoms with Gasteiger partial charge in [0.1, 0.15) is 5.75 Å². The summed E-state index contributed by atoms with van der Waals surface area (Å²) in [4.78, 5) is 18.8. The number of aromatic nitrogens is 1. The van der Waals surface area contributed by atoms with E-state index in [-0.39, 0.29) is 5.91 Å². The molecule has 0 atom stereocenters. The molecule has 0 unspecified atom stereocenters. The molecule has 4 heteroatoms. The molecule has 1 aromatic heterocycles. The molecule has 0 spiro atoms. The molecule has 0 fully saturated rings. The van der Waals surface area contributed by atoms with Crippen LogP contribution in [0.25, 0.3) is 10.9 Å². The molecular weight excluding hydrogens is 252 g/mol. The lowest BCUT2D eigenvalue weighted by Gasteiger charge is -2.19. The number of pyridine rings is 1. The maximum atomic E-state index is 12.5. The van der Waals surface area contributed by atoms with Gasteiger partial charge in [-0.1, -0.05) is 0 Å². The fourth-order valence-electron chi connectivity index (χ4n) is 2.27. The quantitative estimate of drug-likeness (QED) is 0.859. The van der Waals surface area contributed by atoms with Gasteiger partial charge < -0.3 is 9.64 Å². The van der Waals surface area contributed by atoms with Crippen LogP contribution in [-0.2, 0) is 0 Å². The Labute approximate surface area is 119 Å². The molecule has 20 heavy (non-hydrogen) atoms. The van der Waals surface area contributed by atoms with Crippen molar-refractivity contribution in [3.63, 3.8) is 0 Å². The van der Waals surface area contributed by atoms with E-state index in [0.717, 1.165) is 22.3 Å². The molecule has 0 bridgehead atoms. The summed E-state index contributed by atoms with van der Waals surface area (Å²) >= 11 is 0. The topological polar surface area (TPSA) is 42.4 Å². The minimum absolute atomic E-state index is 0.0396. The fraction of sp³-hybridized carbons (Fsp3) is 0.375. The fourth-order valence-corrected chi connectivity index (χ4v) is 2.27. The molecule has 0 N–H and O–H groups in total. The minimum atomic E-state index is 0.0396. The Balaban J connectivity index is 2.50. The van der Waals surface area contributed by atoms with E-state index in [9.17, 15) is 4.79 Å². The van der Waals surface area contributed by atoms with Gasteiger partial charge in [0.15, 0.2) is 0 Å². The van der Waals surface area contributed by atoms with Gasteiger partial charge in [-0.2, -0.15) is 0 Å². The van der Waals surface area contributed by atoms with E-state index in [1.807, 2.05) is 45.0 Å². The van der Waals surface area contributed by atoms with E-state index < -0.39 is 0 Å². The molecule has 1 amide bonds.